The maximum absolute atomic E-state index is 9.60. The molecule has 144 valence electrons. The van der Waals surface area contributed by atoms with E-state index in [4.69, 9.17) is 0 Å². The van der Waals surface area contributed by atoms with E-state index in [-0.39, 0.29) is 18.6 Å². The van der Waals surface area contributed by atoms with Gasteiger partial charge < -0.3 is 15.7 Å². The third-order valence-electron chi connectivity index (χ3n) is 4.44. The fourth-order valence-corrected chi connectivity index (χ4v) is 2.74. The highest BCUT2D eigenvalue weighted by Gasteiger charge is 2.17. The van der Waals surface area contributed by atoms with Crippen molar-refractivity contribution in [1.82, 2.24) is 19.6 Å². The third kappa shape index (κ3) is 4.25. The van der Waals surface area contributed by atoms with E-state index in [2.05, 4.69) is 25.7 Å². The van der Waals surface area contributed by atoms with E-state index in [9.17, 15) is 10.3 Å². The van der Waals surface area contributed by atoms with Crippen molar-refractivity contribution < 1.29 is 15.0 Å². The van der Waals surface area contributed by atoms with E-state index in [1.807, 2.05) is 26.8 Å². The number of aliphatic hydroxyl groups is 1. The molecule has 0 saturated carbocycles. The van der Waals surface area contributed by atoms with Crippen LogP contribution in [0.3, 0.4) is 0 Å². The first-order valence-corrected chi connectivity index (χ1v) is 9.07. The smallest absolute Gasteiger partial charge is 0.229 e. The minimum Gasteiger partial charge on any atom is -0.394 e. The van der Waals surface area contributed by atoms with Gasteiger partial charge in [-0.2, -0.15) is 19.6 Å². The maximum Gasteiger partial charge on any atom is 0.229 e. The summed E-state index contributed by atoms with van der Waals surface area (Å²) in [7, 11) is 0. The highest BCUT2D eigenvalue weighted by molar-refractivity contribution is 5.54. The summed E-state index contributed by atoms with van der Waals surface area (Å²) in [5, 5.41) is 30.0. The van der Waals surface area contributed by atoms with Crippen LogP contribution < -0.4 is 15.4 Å². The van der Waals surface area contributed by atoms with Crippen LogP contribution in [0.1, 0.15) is 31.9 Å². The van der Waals surface area contributed by atoms with Crippen molar-refractivity contribution >= 4 is 17.5 Å². The summed E-state index contributed by atoms with van der Waals surface area (Å²) in [6.07, 6.45) is 5.76. The number of hydrogen-bond acceptors (Lipinski definition) is 7. The van der Waals surface area contributed by atoms with Crippen molar-refractivity contribution in [2.75, 3.05) is 17.2 Å². The zero-order valence-corrected chi connectivity index (χ0v) is 15.8. The second kappa shape index (κ2) is 8.17. The van der Waals surface area contributed by atoms with Crippen LogP contribution >= 0.6 is 0 Å². The molecule has 3 aromatic heterocycles. The number of aryl methyl sites for hydroxylation is 1. The molecule has 1 atom stereocenters. The van der Waals surface area contributed by atoms with Gasteiger partial charge in [0.05, 0.1) is 18.8 Å². The largest absolute Gasteiger partial charge is 0.394 e. The van der Waals surface area contributed by atoms with Crippen LogP contribution in [-0.4, -0.2) is 42.5 Å². The van der Waals surface area contributed by atoms with Gasteiger partial charge in [0.25, 0.3) is 0 Å². The summed E-state index contributed by atoms with van der Waals surface area (Å²) < 4.78 is 2.68. The summed E-state index contributed by atoms with van der Waals surface area (Å²) in [6, 6.07) is 3.52. The molecule has 0 spiro atoms. The molecule has 3 aromatic rings. The molecule has 0 aliphatic rings. The Morgan fingerprint density at radius 2 is 2.11 bits per heavy atom. The molecule has 0 amide bonds. The summed E-state index contributed by atoms with van der Waals surface area (Å²) in [5.74, 6) is 1.21. The molecular weight excluding hydrogens is 346 g/mol. The van der Waals surface area contributed by atoms with Crippen LogP contribution in [-0.2, 0) is 13.0 Å². The third-order valence-corrected chi connectivity index (χ3v) is 4.44. The zero-order valence-electron chi connectivity index (χ0n) is 15.8. The predicted molar refractivity (Wildman–Crippen MR) is 101 cm³/mol. The molecule has 0 aromatic carbocycles. The number of anilines is 2. The Bertz CT molecular complexity index is 910. The van der Waals surface area contributed by atoms with Gasteiger partial charge in [0, 0.05) is 28.5 Å². The summed E-state index contributed by atoms with van der Waals surface area (Å²) in [4.78, 5) is 9.13. The van der Waals surface area contributed by atoms with Gasteiger partial charge in [0.15, 0.2) is 5.65 Å². The lowest BCUT2D eigenvalue weighted by atomic mass is 10.1. The molecule has 27 heavy (non-hydrogen) atoms. The van der Waals surface area contributed by atoms with Crippen molar-refractivity contribution in [3.05, 3.63) is 41.9 Å². The molecule has 0 saturated heterocycles. The number of nitrogens with one attached hydrogen (secondary N) is 2. The first-order valence-electron chi connectivity index (χ1n) is 9.07. The van der Waals surface area contributed by atoms with Gasteiger partial charge >= 0.3 is 0 Å². The Kier molecular flexibility index (Phi) is 5.70. The van der Waals surface area contributed by atoms with E-state index < -0.39 is 0 Å². The van der Waals surface area contributed by atoms with E-state index in [0.29, 0.717) is 18.4 Å². The van der Waals surface area contributed by atoms with Crippen molar-refractivity contribution in [2.45, 2.75) is 39.8 Å². The normalized spacial score (nSPS) is 12.5. The van der Waals surface area contributed by atoms with E-state index in [1.165, 1.54) is 0 Å². The number of fused-ring (bicyclic) bond motifs is 1. The lowest BCUT2D eigenvalue weighted by Gasteiger charge is -2.20. The number of rotatable bonds is 8. The maximum atomic E-state index is 9.60. The van der Waals surface area contributed by atoms with Crippen LogP contribution in [0.4, 0.5) is 11.9 Å². The van der Waals surface area contributed by atoms with Gasteiger partial charge in [-0.3, -0.25) is 5.21 Å². The summed E-state index contributed by atoms with van der Waals surface area (Å²) in [6.45, 7) is 6.56. The van der Waals surface area contributed by atoms with Gasteiger partial charge in [0.2, 0.25) is 24.3 Å². The summed E-state index contributed by atoms with van der Waals surface area (Å²) >= 11 is 0. The Morgan fingerprint density at radius 1 is 1.30 bits per heavy atom. The second-order valence-electron chi connectivity index (χ2n) is 6.75. The lowest BCUT2D eigenvalue weighted by Crippen LogP contribution is -2.30. The number of pyridine rings is 1. The Balaban J connectivity index is 1.93. The Hall–Kier alpha value is -2.94. The van der Waals surface area contributed by atoms with Crippen molar-refractivity contribution in [1.29, 1.82) is 0 Å². The van der Waals surface area contributed by atoms with Crippen LogP contribution in [0.5, 0.6) is 0 Å². The number of nitrogens with zero attached hydrogens (tertiary/aromatic N) is 5. The lowest BCUT2D eigenvalue weighted by molar-refractivity contribution is -0.905. The van der Waals surface area contributed by atoms with Crippen LogP contribution in [0.25, 0.3) is 5.65 Å². The van der Waals surface area contributed by atoms with Gasteiger partial charge in [-0.1, -0.05) is 20.8 Å². The Labute approximate surface area is 157 Å². The monoisotopic (exact) mass is 372 g/mol. The number of aromatic nitrogens is 5. The standard InChI is InChI=1S/C18H26N7O2/c1-4-14-9-20-25-16(14)22-17(21-15(11-26)12(2)3)23-18(25)19-8-13-6-5-7-24(27)10-13/h5-7,9-10,12,15,26-27H,4,8,11H2,1-3H3,(H2,19,21,22,23)/q+1/t15-/m0/s1. The van der Waals surface area contributed by atoms with Crippen LogP contribution in [0, 0.1) is 5.92 Å². The van der Waals surface area contributed by atoms with Crippen molar-refractivity contribution in [3.63, 3.8) is 0 Å². The second-order valence-corrected chi connectivity index (χ2v) is 6.75. The topological polar surface area (TPSA) is 111 Å². The van der Waals surface area contributed by atoms with Crippen molar-refractivity contribution in [2.24, 2.45) is 5.92 Å². The zero-order chi connectivity index (χ0) is 19.4. The Morgan fingerprint density at radius 3 is 2.78 bits per heavy atom. The first kappa shape index (κ1) is 18.8. The fraction of sp³-hybridized carbons (Fsp3) is 0.444. The number of hydrogen-bond donors (Lipinski definition) is 4. The van der Waals surface area contributed by atoms with Crippen LogP contribution in [0.15, 0.2) is 30.7 Å². The van der Waals surface area contributed by atoms with E-state index in [1.54, 1.807) is 29.2 Å². The van der Waals surface area contributed by atoms with Crippen LogP contribution in [0.2, 0.25) is 0 Å². The van der Waals surface area contributed by atoms with Gasteiger partial charge in [-0.25, -0.2) is 0 Å². The molecule has 0 aliphatic heterocycles. The predicted octanol–water partition coefficient (Wildman–Crippen LogP) is 1.25. The van der Waals surface area contributed by atoms with Gasteiger partial charge in [0.1, 0.15) is 0 Å². The van der Waals surface area contributed by atoms with Crippen molar-refractivity contribution in [3.8, 4) is 0 Å². The quantitative estimate of drug-likeness (QED) is 0.348. The minimum absolute atomic E-state index is 0.00458. The van der Waals surface area contributed by atoms with E-state index >= 15 is 0 Å². The molecule has 0 unspecified atom stereocenters. The highest BCUT2D eigenvalue weighted by atomic mass is 16.5. The molecule has 9 nitrogen and oxygen atoms in total. The minimum atomic E-state index is -0.143. The number of aliphatic hydroxyl groups excluding tert-OH is 1. The van der Waals surface area contributed by atoms with E-state index in [0.717, 1.165) is 27.9 Å². The molecule has 0 aliphatic carbocycles. The molecule has 0 fully saturated rings. The molecule has 0 bridgehead atoms. The molecule has 0 radical (unpaired) electrons. The first-order chi connectivity index (χ1) is 13.0. The average molecular weight is 372 g/mol. The fourth-order valence-electron chi connectivity index (χ4n) is 2.74. The average Bonchev–Trinajstić information content (AvgIpc) is 3.07. The molecule has 3 heterocycles. The molecule has 4 N–H and O–H groups in total. The van der Waals surface area contributed by atoms with Gasteiger partial charge in [-0.15, -0.1) is 0 Å². The SMILES string of the molecule is CCc1cnn2c(NCc3ccc[n+](O)c3)nc(N[C@@H](CO)C(C)C)nc12. The molecule has 3 rings (SSSR count). The summed E-state index contributed by atoms with van der Waals surface area (Å²) in [5.41, 5.74) is 2.63. The molecule has 9 heteroatoms. The van der Waals surface area contributed by atoms with Gasteiger partial charge in [-0.05, 0) is 18.4 Å². The molecular formula is C18H26N7O2+. The highest BCUT2D eigenvalue weighted by Crippen LogP contribution is 2.18.